The molecule has 0 aromatic heterocycles. The van der Waals surface area contributed by atoms with Crippen molar-refractivity contribution in [1.29, 1.82) is 0 Å². The number of carbonyl (C=O) groups excluding carboxylic acids is 3. The summed E-state index contributed by atoms with van der Waals surface area (Å²) in [6.45, 7) is 14.9. The number of esters is 3. The second-order valence-electron chi connectivity index (χ2n) is 16.9. The molecule has 5 aliphatic heterocycles. The van der Waals surface area contributed by atoms with Gasteiger partial charge in [-0.2, -0.15) is 0 Å². The molecule has 4 saturated heterocycles. The molecule has 12 heteroatoms. The maximum absolute atomic E-state index is 14.0. The summed E-state index contributed by atoms with van der Waals surface area (Å²) in [5.41, 5.74) is 1.98. The fourth-order valence-electron chi connectivity index (χ4n) is 10.8. The number of quaternary nitrogens is 1. The van der Waals surface area contributed by atoms with E-state index in [-0.39, 0.29) is 47.1 Å². The van der Waals surface area contributed by atoms with E-state index in [1.165, 1.54) is 7.11 Å². The number of cyclic esters (lactones) is 1. The van der Waals surface area contributed by atoms with Crippen LogP contribution in [0.2, 0.25) is 0 Å². The van der Waals surface area contributed by atoms with Crippen molar-refractivity contribution in [3.63, 3.8) is 0 Å². The Kier molecular flexibility index (Phi) is 11.4. The first-order chi connectivity index (χ1) is 25.9. The highest BCUT2D eigenvalue weighted by Crippen LogP contribution is 2.61. The van der Waals surface area contributed by atoms with Gasteiger partial charge >= 0.3 is 17.9 Å². The number of halogens is 1. The molecule has 5 heterocycles. The number of ether oxygens (including phenoxy) is 5. The molecule has 3 aliphatic carbocycles. The van der Waals surface area contributed by atoms with Gasteiger partial charge in [-0.05, 0) is 38.3 Å². The minimum absolute atomic E-state index is 0. The lowest BCUT2D eigenvalue weighted by Gasteiger charge is -2.50. The Morgan fingerprint density at radius 2 is 1.82 bits per heavy atom. The van der Waals surface area contributed by atoms with Crippen LogP contribution in [0.25, 0.3) is 0 Å². The molecule has 298 valence electrons. The van der Waals surface area contributed by atoms with Gasteiger partial charge in [0.2, 0.25) is 0 Å². The molecule has 9 rings (SSSR count). The van der Waals surface area contributed by atoms with E-state index >= 15 is 0 Å². The summed E-state index contributed by atoms with van der Waals surface area (Å²) < 4.78 is 32.5. The van der Waals surface area contributed by atoms with Crippen LogP contribution in [0.1, 0.15) is 56.5 Å². The highest BCUT2D eigenvalue weighted by Gasteiger charge is 2.69. The monoisotopic (exact) mass is 822 g/mol. The van der Waals surface area contributed by atoms with Crippen LogP contribution in [0.15, 0.2) is 71.9 Å². The third-order valence-electron chi connectivity index (χ3n) is 13.8. The van der Waals surface area contributed by atoms with E-state index in [9.17, 15) is 19.5 Å². The number of nitrogens with zero attached hydrogens (tertiary/aromatic N) is 2. The third-order valence-corrected chi connectivity index (χ3v) is 13.8. The first-order valence-electron chi connectivity index (χ1n) is 19.8. The van der Waals surface area contributed by atoms with Gasteiger partial charge in [-0.1, -0.05) is 68.5 Å². The molecule has 5 fully saturated rings. The van der Waals surface area contributed by atoms with E-state index < -0.39 is 66.1 Å². The van der Waals surface area contributed by atoms with Gasteiger partial charge < -0.3 is 50.3 Å². The van der Waals surface area contributed by atoms with Gasteiger partial charge in [-0.25, -0.2) is 14.4 Å². The standard InChI is InChI=1S/C43H55N2O9.BrH/c1-25-22-26(2)43-31(14-15-33-35(43)36(46)27(3)38(39(33)54-43)53-40(47)29-10-6-7-11-29)23-34(50-5)42(49)52-37(25)28(4)51-41(48)32-13-9-8-12-30(32)24-45-19-16-44(17-20-45)18-21-45;/h6-10,12-15,22,25,27-28,31,33-39,46H,11,16-21,23-24H2,1-5H3;1H/q+1;/p-1/b26-22+;/t25-,27-,28-,31?,33-,34+,35+,36-,37+,38-,39-,43+;/m1./s1. The van der Waals surface area contributed by atoms with Crippen molar-refractivity contribution in [1.82, 2.24) is 4.90 Å². The quantitative estimate of drug-likeness (QED) is 0.177. The summed E-state index contributed by atoms with van der Waals surface area (Å²) in [5.74, 6) is -3.05. The lowest BCUT2D eigenvalue weighted by Crippen LogP contribution is -3.00. The number of rotatable bonds is 8. The molecule has 1 N–H and O–H groups in total. The zero-order valence-electron chi connectivity index (χ0n) is 32.5. The largest absolute Gasteiger partial charge is 1.00 e. The Morgan fingerprint density at radius 3 is 2.51 bits per heavy atom. The predicted octanol–water partition coefficient (Wildman–Crippen LogP) is 1.16. The number of methoxy groups -OCH3 is 1. The molecule has 12 atom stereocenters. The third kappa shape index (κ3) is 6.99. The number of carbonyl (C=O) groups is 3. The van der Waals surface area contributed by atoms with Crippen molar-refractivity contribution in [2.75, 3.05) is 46.4 Å². The van der Waals surface area contributed by atoms with E-state index in [4.69, 9.17) is 23.7 Å². The van der Waals surface area contributed by atoms with Gasteiger partial charge in [0.05, 0.1) is 31.3 Å². The normalized spacial score (nSPS) is 41.5. The molecular formula is C43H55BrN2O9. The van der Waals surface area contributed by atoms with E-state index in [2.05, 4.69) is 17.1 Å². The molecule has 1 unspecified atom stereocenters. The van der Waals surface area contributed by atoms with Crippen molar-refractivity contribution < 1.29 is 64.6 Å². The minimum atomic E-state index is -0.994. The molecule has 8 aliphatic rings. The van der Waals surface area contributed by atoms with Crippen molar-refractivity contribution >= 4 is 17.9 Å². The van der Waals surface area contributed by atoms with Crippen molar-refractivity contribution in [2.45, 2.75) is 89.3 Å². The number of hydrogen-bond acceptors (Lipinski definition) is 10. The lowest BCUT2D eigenvalue weighted by molar-refractivity contribution is -0.953. The summed E-state index contributed by atoms with van der Waals surface area (Å²) in [7, 11) is 1.49. The molecule has 0 radical (unpaired) electrons. The number of benzene rings is 1. The Hall–Kier alpha value is -3.13. The zero-order chi connectivity index (χ0) is 37.9. The van der Waals surface area contributed by atoms with Gasteiger partial charge in [0, 0.05) is 67.5 Å². The smallest absolute Gasteiger partial charge is 0.339 e. The van der Waals surface area contributed by atoms with Crippen LogP contribution in [-0.4, -0.2) is 121 Å². The number of aliphatic hydroxyl groups is 1. The summed E-state index contributed by atoms with van der Waals surface area (Å²) in [5, 5.41) is 12.1. The Bertz CT molecular complexity index is 1770. The van der Waals surface area contributed by atoms with Gasteiger partial charge in [0.1, 0.15) is 36.6 Å². The van der Waals surface area contributed by atoms with Crippen molar-refractivity contribution in [3.8, 4) is 0 Å². The van der Waals surface area contributed by atoms with Crippen LogP contribution in [0.5, 0.6) is 0 Å². The SMILES string of the molecule is CO[C@H]1CC2C=C[C@H]3[C@H]4O[C@]2(/C(C)=C/[C@@H](C)[C@@H]([C@@H](C)OC(=O)c2ccccc2C[N+]25CCN(CC2)CC5)OC1=O)[C@@H]3[C@H](O)[C@@H](C)[C@H]4OC(=O)C1=CC=CC1.[Br-]. The zero-order valence-corrected chi connectivity index (χ0v) is 34.1. The summed E-state index contributed by atoms with van der Waals surface area (Å²) >= 11 is 0. The molecule has 0 amide bonds. The maximum atomic E-state index is 14.0. The van der Waals surface area contributed by atoms with Gasteiger partial charge in [-0.3, -0.25) is 4.90 Å². The van der Waals surface area contributed by atoms with Gasteiger partial charge in [0.25, 0.3) is 0 Å². The number of allylic oxidation sites excluding steroid dienone is 3. The summed E-state index contributed by atoms with van der Waals surface area (Å²) in [4.78, 5) is 43.6. The maximum Gasteiger partial charge on any atom is 0.339 e. The Morgan fingerprint density at radius 1 is 1.09 bits per heavy atom. The second kappa shape index (κ2) is 15.7. The van der Waals surface area contributed by atoms with Crippen LogP contribution < -0.4 is 17.0 Å². The van der Waals surface area contributed by atoms with E-state index in [0.717, 1.165) is 61.4 Å². The number of hydrogen-bond donors (Lipinski definition) is 1. The first-order valence-corrected chi connectivity index (χ1v) is 19.8. The molecule has 55 heavy (non-hydrogen) atoms. The number of fused-ring (bicyclic) bond motifs is 3. The van der Waals surface area contributed by atoms with Crippen LogP contribution in [-0.2, 0) is 39.8 Å². The van der Waals surface area contributed by atoms with Gasteiger partial charge in [0.15, 0.2) is 6.10 Å². The van der Waals surface area contributed by atoms with Crippen molar-refractivity contribution in [3.05, 3.63) is 83.0 Å². The summed E-state index contributed by atoms with van der Waals surface area (Å²) in [6.07, 6.45) is 7.91. The van der Waals surface area contributed by atoms with Crippen LogP contribution >= 0.6 is 0 Å². The molecule has 1 aromatic carbocycles. The number of aliphatic hydroxyl groups excluding tert-OH is 1. The molecule has 1 spiro atoms. The van der Waals surface area contributed by atoms with E-state index in [0.29, 0.717) is 17.6 Å². The highest BCUT2D eigenvalue weighted by atomic mass is 79.9. The van der Waals surface area contributed by atoms with Crippen molar-refractivity contribution in [2.24, 2.45) is 29.6 Å². The fourth-order valence-corrected chi connectivity index (χ4v) is 10.8. The lowest BCUT2D eigenvalue weighted by atomic mass is 9.57. The first kappa shape index (κ1) is 40.1. The molecule has 11 nitrogen and oxygen atoms in total. The Labute approximate surface area is 334 Å². The van der Waals surface area contributed by atoms with Crippen LogP contribution in [0.4, 0.5) is 0 Å². The average molecular weight is 824 g/mol. The predicted molar refractivity (Wildman–Crippen MR) is 199 cm³/mol. The molecule has 1 saturated carbocycles. The number of piperazine rings is 3. The summed E-state index contributed by atoms with van der Waals surface area (Å²) in [6, 6.07) is 7.70. The minimum Gasteiger partial charge on any atom is -1.00 e. The average Bonchev–Trinajstić information content (AvgIpc) is 3.78. The topological polar surface area (TPSA) is 121 Å². The molecule has 6 bridgehead atoms. The highest BCUT2D eigenvalue weighted by molar-refractivity contribution is 5.91. The van der Waals surface area contributed by atoms with Gasteiger partial charge in [-0.15, -0.1) is 0 Å². The second-order valence-corrected chi connectivity index (χ2v) is 16.9. The van der Waals surface area contributed by atoms with E-state index in [1.54, 1.807) is 13.0 Å². The fraction of sp³-hybridized carbons (Fsp3) is 0.605. The molecular weight excluding hydrogens is 768 g/mol. The Balaban J connectivity index is 0.00000465. The van der Waals surface area contributed by atoms with Crippen LogP contribution in [0, 0.1) is 29.6 Å². The van der Waals surface area contributed by atoms with Crippen LogP contribution in [0.3, 0.4) is 0 Å². The van der Waals surface area contributed by atoms with E-state index in [1.807, 2.05) is 63.3 Å². The molecule has 1 aromatic rings.